The molecule has 1 saturated carbocycles. The largest absolute Gasteiger partial charge is 0.481 e. The number of carbonyl (C=O) groups is 2. The zero-order chi connectivity index (χ0) is 14.7. The number of amides is 2. The number of hydrogen-bond acceptors (Lipinski definition) is 2. The van der Waals surface area contributed by atoms with Crippen LogP contribution >= 0.6 is 0 Å². The van der Waals surface area contributed by atoms with Crippen LogP contribution in [0, 0.1) is 0 Å². The monoisotopic (exact) mass is 282 g/mol. The Bertz CT molecular complexity index is 354. The van der Waals surface area contributed by atoms with Crippen molar-refractivity contribution in [3.05, 3.63) is 0 Å². The second kappa shape index (κ2) is 5.66. The van der Waals surface area contributed by atoms with Crippen LogP contribution in [0.4, 0.5) is 18.0 Å². The standard InChI is InChI=1S/C11H17F3N2O3/c1-2-3-7(6-8(17)18)15-9(19)16-10(4-5-10)11(12,13)14/h7H,2-6H2,1H3,(H,17,18)(H2,15,16,19). The summed E-state index contributed by atoms with van der Waals surface area (Å²) in [6.45, 7) is 1.80. The lowest BCUT2D eigenvalue weighted by molar-refractivity contribution is -0.162. The van der Waals surface area contributed by atoms with E-state index in [1.54, 1.807) is 6.92 Å². The number of nitrogens with one attached hydrogen (secondary N) is 2. The molecule has 19 heavy (non-hydrogen) atoms. The van der Waals surface area contributed by atoms with E-state index in [2.05, 4.69) is 5.32 Å². The molecule has 0 aromatic heterocycles. The highest BCUT2D eigenvalue weighted by atomic mass is 19.4. The summed E-state index contributed by atoms with van der Waals surface area (Å²) in [6.07, 6.45) is -4.03. The molecular formula is C11H17F3N2O3. The average Bonchev–Trinajstić information content (AvgIpc) is 2.96. The first-order chi connectivity index (χ1) is 8.70. The van der Waals surface area contributed by atoms with Gasteiger partial charge in [-0.05, 0) is 19.3 Å². The Kier molecular flexibility index (Phi) is 4.65. The van der Waals surface area contributed by atoms with Gasteiger partial charge in [0.1, 0.15) is 5.54 Å². The number of urea groups is 1. The number of aliphatic carboxylic acids is 1. The SMILES string of the molecule is CCCC(CC(=O)O)NC(=O)NC1(C(F)(F)F)CC1. The quantitative estimate of drug-likeness (QED) is 0.697. The van der Waals surface area contributed by atoms with Gasteiger partial charge in [0.15, 0.2) is 0 Å². The Balaban J connectivity index is 2.51. The van der Waals surface area contributed by atoms with Crippen molar-refractivity contribution in [1.29, 1.82) is 0 Å². The maximum Gasteiger partial charge on any atom is 0.411 e. The maximum atomic E-state index is 12.6. The summed E-state index contributed by atoms with van der Waals surface area (Å²) in [4.78, 5) is 22.1. The van der Waals surface area contributed by atoms with E-state index >= 15 is 0 Å². The van der Waals surface area contributed by atoms with E-state index < -0.39 is 29.8 Å². The molecule has 8 heteroatoms. The van der Waals surface area contributed by atoms with Crippen molar-refractivity contribution >= 4 is 12.0 Å². The van der Waals surface area contributed by atoms with Crippen LogP contribution < -0.4 is 10.6 Å². The molecule has 0 aliphatic heterocycles. The van der Waals surface area contributed by atoms with Crippen LogP contribution in [0.5, 0.6) is 0 Å². The highest BCUT2D eigenvalue weighted by Gasteiger charge is 2.64. The first-order valence-electron chi connectivity index (χ1n) is 6.07. The van der Waals surface area contributed by atoms with E-state index in [1.165, 1.54) is 0 Å². The minimum absolute atomic E-state index is 0.138. The minimum Gasteiger partial charge on any atom is -0.481 e. The van der Waals surface area contributed by atoms with Crippen molar-refractivity contribution in [2.24, 2.45) is 0 Å². The molecule has 3 N–H and O–H groups in total. The number of carboxylic acid groups (broad SMARTS) is 1. The summed E-state index contributed by atoms with van der Waals surface area (Å²) in [6, 6.07) is -1.62. The summed E-state index contributed by atoms with van der Waals surface area (Å²) in [7, 11) is 0. The number of halogens is 3. The van der Waals surface area contributed by atoms with Gasteiger partial charge in [-0.2, -0.15) is 13.2 Å². The molecule has 1 aliphatic carbocycles. The molecule has 110 valence electrons. The third kappa shape index (κ3) is 4.29. The van der Waals surface area contributed by atoms with E-state index in [4.69, 9.17) is 5.11 Å². The molecule has 2 amide bonds. The van der Waals surface area contributed by atoms with Gasteiger partial charge in [0.05, 0.1) is 6.42 Å². The fraction of sp³-hybridized carbons (Fsp3) is 0.818. The Morgan fingerprint density at radius 2 is 1.95 bits per heavy atom. The Morgan fingerprint density at radius 3 is 2.32 bits per heavy atom. The lowest BCUT2D eigenvalue weighted by Crippen LogP contribution is -2.53. The third-order valence-electron chi connectivity index (χ3n) is 3.04. The predicted octanol–water partition coefficient (Wildman–Crippen LogP) is 2.02. The number of hydrogen-bond donors (Lipinski definition) is 3. The fourth-order valence-electron chi connectivity index (χ4n) is 1.83. The summed E-state index contributed by atoms with van der Waals surface area (Å²) < 4.78 is 37.8. The molecule has 0 bridgehead atoms. The van der Waals surface area contributed by atoms with Crippen LogP contribution in [0.15, 0.2) is 0 Å². The summed E-state index contributed by atoms with van der Waals surface area (Å²) in [5, 5.41) is 12.8. The molecule has 0 heterocycles. The van der Waals surface area contributed by atoms with Gasteiger partial charge in [-0.15, -0.1) is 0 Å². The first kappa shape index (κ1) is 15.6. The summed E-state index contributed by atoms with van der Waals surface area (Å²) >= 11 is 0. The van der Waals surface area contributed by atoms with E-state index in [-0.39, 0.29) is 19.3 Å². The summed E-state index contributed by atoms with van der Waals surface area (Å²) in [5.41, 5.74) is -2.13. The Hall–Kier alpha value is -1.47. The lowest BCUT2D eigenvalue weighted by Gasteiger charge is -2.23. The lowest BCUT2D eigenvalue weighted by atomic mass is 10.1. The smallest absolute Gasteiger partial charge is 0.411 e. The van der Waals surface area contributed by atoms with Crippen molar-refractivity contribution in [1.82, 2.24) is 10.6 Å². The third-order valence-corrected chi connectivity index (χ3v) is 3.04. The van der Waals surface area contributed by atoms with Gasteiger partial charge < -0.3 is 15.7 Å². The van der Waals surface area contributed by atoms with E-state index in [0.717, 1.165) is 0 Å². The molecule has 0 aromatic rings. The Morgan fingerprint density at radius 1 is 1.37 bits per heavy atom. The number of alkyl halides is 3. The molecule has 5 nitrogen and oxygen atoms in total. The molecule has 0 saturated heterocycles. The van der Waals surface area contributed by atoms with Gasteiger partial charge in [-0.1, -0.05) is 13.3 Å². The molecule has 1 rings (SSSR count). The van der Waals surface area contributed by atoms with Crippen LogP contribution in [0.25, 0.3) is 0 Å². The van der Waals surface area contributed by atoms with E-state index in [9.17, 15) is 22.8 Å². The van der Waals surface area contributed by atoms with Crippen molar-refractivity contribution in [2.75, 3.05) is 0 Å². The molecule has 1 aliphatic rings. The fourth-order valence-corrected chi connectivity index (χ4v) is 1.83. The van der Waals surface area contributed by atoms with Crippen LogP contribution in [0.3, 0.4) is 0 Å². The van der Waals surface area contributed by atoms with Crippen molar-refractivity contribution in [3.63, 3.8) is 0 Å². The number of carbonyl (C=O) groups excluding carboxylic acids is 1. The highest BCUT2D eigenvalue weighted by Crippen LogP contribution is 2.48. The second-order valence-corrected chi connectivity index (χ2v) is 4.76. The van der Waals surface area contributed by atoms with Gasteiger partial charge in [0.2, 0.25) is 0 Å². The summed E-state index contributed by atoms with van der Waals surface area (Å²) in [5.74, 6) is -1.10. The molecule has 1 atom stereocenters. The zero-order valence-corrected chi connectivity index (χ0v) is 10.5. The normalized spacial score (nSPS) is 18.5. The van der Waals surface area contributed by atoms with Crippen molar-refractivity contribution < 1.29 is 27.9 Å². The van der Waals surface area contributed by atoms with Gasteiger partial charge in [0.25, 0.3) is 0 Å². The zero-order valence-electron chi connectivity index (χ0n) is 10.5. The molecule has 1 unspecified atom stereocenters. The van der Waals surface area contributed by atoms with E-state index in [0.29, 0.717) is 12.8 Å². The second-order valence-electron chi connectivity index (χ2n) is 4.76. The van der Waals surface area contributed by atoms with E-state index in [1.807, 2.05) is 5.32 Å². The van der Waals surface area contributed by atoms with Crippen molar-refractivity contribution in [2.45, 2.75) is 56.8 Å². The molecular weight excluding hydrogens is 265 g/mol. The Labute approximate surface area is 108 Å². The topological polar surface area (TPSA) is 78.4 Å². The minimum atomic E-state index is -4.47. The molecule has 0 radical (unpaired) electrons. The average molecular weight is 282 g/mol. The molecule has 0 aromatic carbocycles. The molecule has 0 spiro atoms. The van der Waals surface area contributed by atoms with Crippen LogP contribution in [-0.2, 0) is 4.79 Å². The number of carboxylic acids is 1. The van der Waals surface area contributed by atoms with Crippen LogP contribution in [-0.4, -0.2) is 34.9 Å². The number of rotatable bonds is 6. The van der Waals surface area contributed by atoms with Gasteiger partial charge in [-0.3, -0.25) is 4.79 Å². The van der Waals surface area contributed by atoms with Gasteiger partial charge in [0, 0.05) is 6.04 Å². The van der Waals surface area contributed by atoms with Gasteiger partial charge >= 0.3 is 18.2 Å². The highest BCUT2D eigenvalue weighted by molar-refractivity contribution is 5.77. The maximum absolute atomic E-state index is 12.6. The predicted molar refractivity (Wildman–Crippen MR) is 60.6 cm³/mol. The van der Waals surface area contributed by atoms with Crippen molar-refractivity contribution in [3.8, 4) is 0 Å². The van der Waals surface area contributed by atoms with Gasteiger partial charge in [-0.25, -0.2) is 4.79 Å². The van der Waals surface area contributed by atoms with Crippen LogP contribution in [0.1, 0.15) is 39.0 Å². The first-order valence-corrected chi connectivity index (χ1v) is 6.07. The molecule has 1 fully saturated rings. The van der Waals surface area contributed by atoms with Crippen LogP contribution in [0.2, 0.25) is 0 Å².